The summed E-state index contributed by atoms with van der Waals surface area (Å²) in [6.07, 6.45) is 0. The van der Waals surface area contributed by atoms with Crippen LogP contribution >= 0.6 is 0 Å². The number of carbonyl (C=O) groups excluding carboxylic acids is 2. The van der Waals surface area contributed by atoms with E-state index in [1.165, 1.54) is 0 Å². The van der Waals surface area contributed by atoms with Crippen molar-refractivity contribution < 1.29 is 23.8 Å². The molecule has 142 valence electrons. The highest BCUT2D eigenvalue weighted by Gasteiger charge is 2.36. The van der Waals surface area contributed by atoms with Crippen molar-refractivity contribution in [2.45, 2.75) is 13.8 Å². The number of ether oxygens (including phenoxy) is 3. The molecule has 0 bridgehead atoms. The number of carbonyl (C=O) groups is 2. The molecule has 7 heteroatoms. The summed E-state index contributed by atoms with van der Waals surface area (Å²) in [4.78, 5) is 25.3. The molecule has 0 saturated carbocycles. The molecule has 0 fully saturated rings. The van der Waals surface area contributed by atoms with Crippen molar-refractivity contribution in [3.63, 3.8) is 0 Å². The van der Waals surface area contributed by atoms with Crippen LogP contribution in [0.15, 0.2) is 42.5 Å². The topological polar surface area (TPSA) is 85.9 Å². The highest BCUT2D eigenvalue weighted by atomic mass is 16.6. The molecule has 1 heterocycles. The largest absolute Gasteiger partial charge is 0.497 e. The standard InChI is InChI=1S/C20H22N2O5/c1-20(2,18(23)21-13-4-7-15(25-3)8-5-13)19(24)22-14-6-9-16-17(12-14)27-11-10-26-16/h4-9,12H,10-11H2,1-3H3,(H,21,23)(H,22,24). The van der Waals surface area contributed by atoms with Crippen molar-refractivity contribution in [3.05, 3.63) is 42.5 Å². The van der Waals surface area contributed by atoms with E-state index in [9.17, 15) is 9.59 Å². The van der Waals surface area contributed by atoms with Gasteiger partial charge in [0.25, 0.3) is 0 Å². The van der Waals surface area contributed by atoms with Crippen molar-refractivity contribution >= 4 is 23.2 Å². The van der Waals surface area contributed by atoms with Crippen LogP contribution in [0.1, 0.15) is 13.8 Å². The first-order chi connectivity index (χ1) is 12.9. The summed E-state index contributed by atoms with van der Waals surface area (Å²) in [7, 11) is 1.57. The molecule has 2 aromatic carbocycles. The fraction of sp³-hybridized carbons (Fsp3) is 0.300. The molecular formula is C20H22N2O5. The Kier molecular flexibility index (Phi) is 5.21. The third kappa shape index (κ3) is 4.13. The van der Waals surface area contributed by atoms with E-state index < -0.39 is 17.2 Å². The van der Waals surface area contributed by atoms with E-state index in [1.54, 1.807) is 63.4 Å². The van der Waals surface area contributed by atoms with Crippen LogP contribution in [-0.2, 0) is 9.59 Å². The van der Waals surface area contributed by atoms with E-state index in [-0.39, 0.29) is 0 Å². The summed E-state index contributed by atoms with van der Waals surface area (Å²) < 4.78 is 16.1. The van der Waals surface area contributed by atoms with Crippen LogP contribution in [0, 0.1) is 5.41 Å². The fourth-order valence-electron chi connectivity index (χ4n) is 2.47. The lowest BCUT2D eigenvalue weighted by atomic mass is 9.90. The summed E-state index contributed by atoms with van der Waals surface area (Å²) in [6, 6.07) is 12.0. The molecule has 3 rings (SSSR count). The van der Waals surface area contributed by atoms with Gasteiger partial charge < -0.3 is 24.8 Å². The normalized spacial score (nSPS) is 12.9. The van der Waals surface area contributed by atoms with Gasteiger partial charge in [-0.25, -0.2) is 0 Å². The summed E-state index contributed by atoms with van der Waals surface area (Å²) in [5.41, 5.74) is -0.164. The zero-order valence-electron chi connectivity index (χ0n) is 15.5. The lowest BCUT2D eigenvalue weighted by Gasteiger charge is -2.24. The maximum atomic E-state index is 12.7. The smallest absolute Gasteiger partial charge is 0.239 e. The molecule has 2 aromatic rings. The van der Waals surface area contributed by atoms with E-state index in [0.29, 0.717) is 41.8 Å². The zero-order chi connectivity index (χ0) is 19.4. The molecule has 2 amide bonds. The average molecular weight is 370 g/mol. The molecule has 0 radical (unpaired) electrons. The molecule has 2 N–H and O–H groups in total. The molecule has 0 aromatic heterocycles. The SMILES string of the molecule is COc1ccc(NC(=O)C(C)(C)C(=O)Nc2ccc3c(c2)OCCO3)cc1. The molecular weight excluding hydrogens is 348 g/mol. The number of amides is 2. The summed E-state index contributed by atoms with van der Waals surface area (Å²) in [5.74, 6) is 1.05. The van der Waals surface area contributed by atoms with E-state index in [4.69, 9.17) is 14.2 Å². The van der Waals surface area contributed by atoms with E-state index >= 15 is 0 Å². The van der Waals surface area contributed by atoms with E-state index in [1.807, 2.05) is 0 Å². The Labute approximate surface area is 157 Å². The van der Waals surface area contributed by atoms with Crippen molar-refractivity contribution in [3.8, 4) is 17.2 Å². The Hall–Kier alpha value is -3.22. The van der Waals surface area contributed by atoms with Crippen molar-refractivity contribution in [2.24, 2.45) is 5.41 Å². The lowest BCUT2D eigenvalue weighted by molar-refractivity contribution is -0.135. The van der Waals surface area contributed by atoms with E-state index in [2.05, 4.69) is 10.6 Å². The summed E-state index contributed by atoms with van der Waals surface area (Å²) in [6.45, 7) is 4.09. The van der Waals surface area contributed by atoms with Crippen LogP contribution in [0.3, 0.4) is 0 Å². The Morgan fingerprint density at radius 2 is 1.44 bits per heavy atom. The molecule has 1 aliphatic rings. The van der Waals surface area contributed by atoms with Gasteiger partial charge in [0.2, 0.25) is 11.8 Å². The Morgan fingerprint density at radius 1 is 0.889 bits per heavy atom. The minimum atomic E-state index is -1.28. The first-order valence-corrected chi connectivity index (χ1v) is 8.57. The zero-order valence-corrected chi connectivity index (χ0v) is 15.5. The number of nitrogens with one attached hydrogen (secondary N) is 2. The number of hydrogen-bond acceptors (Lipinski definition) is 5. The van der Waals surface area contributed by atoms with Gasteiger partial charge in [-0.3, -0.25) is 9.59 Å². The number of methoxy groups -OCH3 is 1. The van der Waals surface area contributed by atoms with Gasteiger partial charge >= 0.3 is 0 Å². The van der Waals surface area contributed by atoms with Gasteiger partial charge in [-0.2, -0.15) is 0 Å². The number of benzene rings is 2. The van der Waals surface area contributed by atoms with Crippen LogP contribution in [0.2, 0.25) is 0 Å². The summed E-state index contributed by atoms with van der Waals surface area (Å²) in [5, 5.41) is 5.51. The lowest BCUT2D eigenvalue weighted by Crippen LogP contribution is -2.41. The third-order valence-electron chi connectivity index (χ3n) is 4.28. The van der Waals surface area contributed by atoms with Gasteiger partial charge in [-0.15, -0.1) is 0 Å². The van der Waals surface area contributed by atoms with Gasteiger partial charge in [0.1, 0.15) is 24.4 Å². The van der Waals surface area contributed by atoms with Crippen molar-refractivity contribution in [1.29, 1.82) is 0 Å². The first-order valence-electron chi connectivity index (χ1n) is 8.57. The highest BCUT2D eigenvalue weighted by Crippen LogP contribution is 2.33. The second kappa shape index (κ2) is 7.57. The van der Waals surface area contributed by atoms with Gasteiger partial charge in [0.05, 0.1) is 7.11 Å². The molecule has 0 spiro atoms. The van der Waals surface area contributed by atoms with Crippen molar-refractivity contribution in [2.75, 3.05) is 31.0 Å². The van der Waals surface area contributed by atoms with Crippen LogP contribution < -0.4 is 24.8 Å². The molecule has 0 unspecified atom stereocenters. The first kappa shape index (κ1) is 18.6. The minimum Gasteiger partial charge on any atom is -0.497 e. The number of hydrogen-bond donors (Lipinski definition) is 2. The molecule has 0 aliphatic carbocycles. The number of rotatable bonds is 5. The molecule has 1 aliphatic heterocycles. The van der Waals surface area contributed by atoms with Gasteiger partial charge in [-0.1, -0.05) is 0 Å². The van der Waals surface area contributed by atoms with Crippen LogP contribution in [0.4, 0.5) is 11.4 Å². The maximum absolute atomic E-state index is 12.7. The molecule has 0 atom stereocenters. The molecule has 0 saturated heterocycles. The van der Waals surface area contributed by atoms with Crippen LogP contribution in [-0.4, -0.2) is 32.1 Å². The predicted octanol–water partition coefficient (Wildman–Crippen LogP) is 3.07. The van der Waals surface area contributed by atoms with E-state index in [0.717, 1.165) is 0 Å². The highest BCUT2D eigenvalue weighted by molar-refractivity contribution is 6.14. The average Bonchev–Trinajstić information content (AvgIpc) is 2.68. The Bertz CT molecular complexity index is 846. The summed E-state index contributed by atoms with van der Waals surface area (Å²) >= 11 is 0. The minimum absolute atomic E-state index is 0.414. The van der Waals surface area contributed by atoms with Gasteiger partial charge in [-0.05, 0) is 50.2 Å². The van der Waals surface area contributed by atoms with Crippen LogP contribution in [0.5, 0.6) is 17.2 Å². The quantitative estimate of drug-likeness (QED) is 0.790. The second-order valence-corrected chi connectivity index (χ2v) is 6.62. The fourth-order valence-corrected chi connectivity index (χ4v) is 2.47. The molecule has 7 nitrogen and oxygen atoms in total. The Morgan fingerprint density at radius 3 is 2.07 bits per heavy atom. The van der Waals surface area contributed by atoms with Crippen molar-refractivity contribution in [1.82, 2.24) is 0 Å². The Balaban J connectivity index is 1.67. The monoisotopic (exact) mass is 370 g/mol. The third-order valence-corrected chi connectivity index (χ3v) is 4.28. The number of anilines is 2. The molecule has 27 heavy (non-hydrogen) atoms. The maximum Gasteiger partial charge on any atom is 0.239 e. The van der Waals surface area contributed by atoms with Gasteiger partial charge in [0, 0.05) is 17.4 Å². The predicted molar refractivity (Wildman–Crippen MR) is 101 cm³/mol. The van der Waals surface area contributed by atoms with Gasteiger partial charge in [0.15, 0.2) is 11.5 Å². The second-order valence-electron chi connectivity index (χ2n) is 6.62. The number of fused-ring (bicyclic) bond motifs is 1. The van der Waals surface area contributed by atoms with Crippen LogP contribution in [0.25, 0.3) is 0 Å².